The van der Waals surface area contributed by atoms with Gasteiger partial charge in [0, 0.05) is 0 Å². The first-order valence-electron chi connectivity index (χ1n) is 10.2. The predicted octanol–water partition coefficient (Wildman–Crippen LogP) is 5.01. The molecule has 5 rings (SSSR count). The van der Waals surface area contributed by atoms with E-state index in [0.29, 0.717) is 10.7 Å². The Hall–Kier alpha value is -3.15. The summed E-state index contributed by atoms with van der Waals surface area (Å²) in [6.07, 6.45) is -0.908. The number of hydroxylamine groups is 1. The number of fused-ring (bicyclic) bond motifs is 1. The minimum Gasteiger partial charge on any atom is -0.273 e. The lowest BCUT2D eigenvalue weighted by molar-refractivity contribution is -0.126. The molecule has 0 radical (unpaired) electrons. The van der Waals surface area contributed by atoms with Crippen molar-refractivity contribution in [3.8, 4) is 0 Å². The highest BCUT2D eigenvalue weighted by Crippen LogP contribution is 2.48. The topological polar surface area (TPSA) is 49.9 Å². The standard InChI is InChI=1S/C25H21ClN2O3/c1-15-12-13-18(16(2)14-15)22-21-23(31-28(22)17-8-4-3-5-9-17)25(30)27(24(21)29)20-11-7-6-10-19(20)26/h3-14,21-23H,1-2H3. The van der Waals surface area contributed by atoms with Crippen molar-refractivity contribution >= 4 is 34.8 Å². The van der Waals surface area contributed by atoms with E-state index in [9.17, 15) is 9.59 Å². The van der Waals surface area contributed by atoms with Crippen molar-refractivity contribution in [2.45, 2.75) is 26.0 Å². The molecule has 0 aromatic heterocycles. The van der Waals surface area contributed by atoms with Crippen LogP contribution in [-0.2, 0) is 14.4 Å². The Morgan fingerprint density at radius 3 is 2.29 bits per heavy atom. The summed E-state index contributed by atoms with van der Waals surface area (Å²) in [6, 6.07) is 22.1. The number of hydrogen-bond donors (Lipinski definition) is 0. The van der Waals surface area contributed by atoms with Crippen LogP contribution in [-0.4, -0.2) is 17.9 Å². The number of benzene rings is 3. The molecule has 2 heterocycles. The molecule has 0 bridgehead atoms. The second kappa shape index (κ2) is 7.52. The van der Waals surface area contributed by atoms with Gasteiger partial charge in [0.05, 0.1) is 22.4 Å². The van der Waals surface area contributed by atoms with Crippen molar-refractivity contribution in [1.29, 1.82) is 0 Å². The Morgan fingerprint density at radius 2 is 1.58 bits per heavy atom. The number of anilines is 2. The van der Waals surface area contributed by atoms with Gasteiger partial charge in [-0.2, -0.15) is 0 Å². The lowest BCUT2D eigenvalue weighted by Crippen LogP contribution is -2.37. The molecule has 2 fully saturated rings. The van der Waals surface area contributed by atoms with Gasteiger partial charge in [0.1, 0.15) is 5.92 Å². The molecule has 2 saturated heterocycles. The molecule has 2 aliphatic heterocycles. The van der Waals surface area contributed by atoms with Gasteiger partial charge in [0.2, 0.25) is 5.91 Å². The van der Waals surface area contributed by atoms with Gasteiger partial charge in [-0.15, -0.1) is 0 Å². The van der Waals surface area contributed by atoms with E-state index in [1.807, 2.05) is 56.3 Å². The summed E-state index contributed by atoms with van der Waals surface area (Å²) >= 11 is 6.31. The lowest BCUT2D eigenvalue weighted by atomic mass is 9.87. The van der Waals surface area contributed by atoms with E-state index in [1.165, 1.54) is 4.90 Å². The second-order valence-corrected chi connectivity index (χ2v) is 8.39. The molecule has 2 aliphatic rings. The first-order chi connectivity index (χ1) is 15.0. The largest absolute Gasteiger partial charge is 0.273 e. The average Bonchev–Trinajstić information content (AvgIpc) is 3.26. The van der Waals surface area contributed by atoms with Crippen LogP contribution in [0.25, 0.3) is 0 Å². The number of hydrogen-bond acceptors (Lipinski definition) is 4. The Labute approximate surface area is 185 Å². The molecule has 156 valence electrons. The Balaban J connectivity index is 1.63. The predicted molar refractivity (Wildman–Crippen MR) is 120 cm³/mol. The van der Waals surface area contributed by atoms with E-state index in [-0.39, 0.29) is 5.91 Å². The average molecular weight is 433 g/mol. The molecule has 6 heteroatoms. The van der Waals surface area contributed by atoms with Crippen molar-refractivity contribution < 1.29 is 14.4 Å². The Morgan fingerprint density at radius 1 is 0.871 bits per heavy atom. The van der Waals surface area contributed by atoms with Gasteiger partial charge < -0.3 is 0 Å². The summed E-state index contributed by atoms with van der Waals surface area (Å²) in [4.78, 5) is 34.3. The number of aryl methyl sites for hydroxylation is 2. The van der Waals surface area contributed by atoms with Crippen LogP contribution in [0.3, 0.4) is 0 Å². The van der Waals surface area contributed by atoms with Crippen molar-refractivity contribution in [2.24, 2.45) is 5.92 Å². The van der Waals surface area contributed by atoms with E-state index in [4.69, 9.17) is 16.4 Å². The van der Waals surface area contributed by atoms with E-state index in [0.717, 1.165) is 22.4 Å². The van der Waals surface area contributed by atoms with Gasteiger partial charge in [-0.25, -0.2) is 9.96 Å². The monoisotopic (exact) mass is 432 g/mol. The quantitative estimate of drug-likeness (QED) is 0.546. The highest BCUT2D eigenvalue weighted by Gasteiger charge is 2.60. The van der Waals surface area contributed by atoms with Crippen molar-refractivity contribution in [3.05, 3.63) is 94.5 Å². The highest BCUT2D eigenvalue weighted by atomic mass is 35.5. The van der Waals surface area contributed by atoms with Gasteiger partial charge in [0.25, 0.3) is 5.91 Å². The normalized spacial score (nSPS) is 22.9. The zero-order chi connectivity index (χ0) is 21.7. The summed E-state index contributed by atoms with van der Waals surface area (Å²) < 4.78 is 0. The summed E-state index contributed by atoms with van der Waals surface area (Å²) in [5.41, 5.74) is 4.33. The third-order valence-electron chi connectivity index (χ3n) is 5.96. The molecule has 0 N–H and O–H groups in total. The zero-order valence-corrected chi connectivity index (χ0v) is 17.9. The Bertz CT molecular complexity index is 1180. The molecule has 0 saturated carbocycles. The number of carbonyl (C=O) groups is 2. The van der Waals surface area contributed by atoms with Crippen LogP contribution in [0.1, 0.15) is 22.7 Å². The minimum atomic E-state index is -0.908. The van der Waals surface area contributed by atoms with E-state index in [1.54, 1.807) is 29.3 Å². The SMILES string of the molecule is Cc1ccc(C2C3C(=O)N(c4ccccc4Cl)C(=O)C3ON2c2ccccc2)c(C)c1. The maximum absolute atomic E-state index is 13.6. The fourth-order valence-electron chi connectivity index (χ4n) is 4.56. The maximum atomic E-state index is 13.6. The van der Waals surface area contributed by atoms with Crippen molar-refractivity contribution in [2.75, 3.05) is 9.96 Å². The zero-order valence-electron chi connectivity index (χ0n) is 17.2. The molecular weight excluding hydrogens is 412 g/mol. The summed E-state index contributed by atoms with van der Waals surface area (Å²) in [6.45, 7) is 4.05. The van der Waals surface area contributed by atoms with E-state index >= 15 is 0 Å². The van der Waals surface area contributed by atoms with Gasteiger partial charge in [-0.1, -0.05) is 65.7 Å². The summed E-state index contributed by atoms with van der Waals surface area (Å²) in [7, 11) is 0. The third kappa shape index (κ3) is 3.12. The van der Waals surface area contributed by atoms with Gasteiger partial charge in [-0.3, -0.25) is 14.4 Å². The molecule has 3 atom stereocenters. The first-order valence-corrected chi connectivity index (χ1v) is 10.6. The van der Waals surface area contributed by atoms with Crippen LogP contribution < -0.4 is 9.96 Å². The number of imide groups is 1. The fraction of sp³-hybridized carbons (Fsp3) is 0.200. The number of halogens is 1. The Kier molecular flexibility index (Phi) is 4.80. The van der Waals surface area contributed by atoms with Crippen LogP contribution >= 0.6 is 11.6 Å². The molecule has 3 unspecified atom stereocenters. The number of amides is 2. The summed E-state index contributed by atoms with van der Waals surface area (Å²) in [5.74, 6) is -1.37. The lowest BCUT2D eigenvalue weighted by Gasteiger charge is -2.30. The molecule has 3 aromatic rings. The number of nitrogens with zero attached hydrogens (tertiary/aromatic N) is 2. The highest BCUT2D eigenvalue weighted by molar-refractivity contribution is 6.36. The molecule has 5 nitrogen and oxygen atoms in total. The maximum Gasteiger partial charge on any atom is 0.266 e. The smallest absolute Gasteiger partial charge is 0.266 e. The van der Waals surface area contributed by atoms with Gasteiger partial charge >= 0.3 is 0 Å². The van der Waals surface area contributed by atoms with Crippen LogP contribution in [0.4, 0.5) is 11.4 Å². The van der Waals surface area contributed by atoms with E-state index < -0.39 is 24.0 Å². The van der Waals surface area contributed by atoms with Crippen LogP contribution in [0, 0.1) is 19.8 Å². The third-order valence-corrected chi connectivity index (χ3v) is 6.28. The van der Waals surface area contributed by atoms with Crippen molar-refractivity contribution in [1.82, 2.24) is 0 Å². The molecule has 2 amide bonds. The van der Waals surface area contributed by atoms with Crippen molar-refractivity contribution in [3.63, 3.8) is 0 Å². The van der Waals surface area contributed by atoms with E-state index in [2.05, 4.69) is 6.07 Å². The molecule has 0 spiro atoms. The van der Waals surface area contributed by atoms with Gasteiger partial charge in [-0.05, 0) is 49.2 Å². The molecule has 0 aliphatic carbocycles. The first kappa shape index (κ1) is 19.8. The van der Waals surface area contributed by atoms with Crippen LogP contribution in [0.2, 0.25) is 5.02 Å². The van der Waals surface area contributed by atoms with Gasteiger partial charge in [0.15, 0.2) is 6.10 Å². The number of para-hydroxylation sites is 2. The minimum absolute atomic E-state index is 0.300. The fourth-order valence-corrected chi connectivity index (χ4v) is 4.78. The number of carbonyl (C=O) groups excluding carboxylic acids is 2. The molecular formula is C25H21ClN2O3. The molecule has 31 heavy (non-hydrogen) atoms. The number of rotatable bonds is 3. The van der Waals surface area contributed by atoms with Crippen LogP contribution in [0.15, 0.2) is 72.8 Å². The summed E-state index contributed by atoms with van der Waals surface area (Å²) in [5, 5.41) is 2.07. The second-order valence-electron chi connectivity index (χ2n) is 7.98. The molecule has 3 aromatic carbocycles. The van der Waals surface area contributed by atoms with Crippen LogP contribution in [0.5, 0.6) is 0 Å².